The fraction of sp³-hybridized carbons (Fsp3) is 0.714. The van der Waals surface area contributed by atoms with Gasteiger partial charge in [0.15, 0.2) is 5.78 Å². The molecule has 3 N–H and O–H groups in total. The molecule has 2 atom stereocenters. The molecular formula is C7H12N2O2. The van der Waals surface area contributed by atoms with Crippen molar-refractivity contribution in [2.45, 2.75) is 31.8 Å². The molecular weight excluding hydrogens is 144 g/mol. The Bertz CT molecular complexity index is 191. The Morgan fingerprint density at radius 3 is 2.73 bits per heavy atom. The van der Waals surface area contributed by atoms with Crippen LogP contribution in [0.4, 0.5) is 0 Å². The van der Waals surface area contributed by atoms with E-state index >= 15 is 0 Å². The fourth-order valence-electron chi connectivity index (χ4n) is 1.18. The van der Waals surface area contributed by atoms with Crippen molar-refractivity contribution >= 4 is 11.7 Å². The fourth-order valence-corrected chi connectivity index (χ4v) is 1.18. The van der Waals surface area contributed by atoms with E-state index in [1.54, 1.807) is 0 Å². The van der Waals surface area contributed by atoms with Gasteiger partial charge in [-0.2, -0.15) is 0 Å². The van der Waals surface area contributed by atoms with Crippen molar-refractivity contribution in [2.75, 3.05) is 0 Å². The molecule has 1 saturated heterocycles. The van der Waals surface area contributed by atoms with Gasteiger partial charge < -0.3 is 5.73 Å². The maximum atomic E-state index is 11.0. The van der Waals surface area contributed by atoms with Crippen molar-refractivity contribution in [1.82, 2.24) is 5.32 Å². The van der Waals surface area contributed by atoms with Gasteiger partial charge in [0.05, 0.1) is 12.1 Å². The number of nitrogens with two attached hydrogens (primary N) is 1. The second-order valence-electron chi connectivity index (χ2n) is 2.85. The summed E-state index contributed by atoms with van der Waals surface area (Å²) in [4.78, 5) is 21.3. The van der Waals surface area contributed by atoms with Crippen LogP contribution in [0, 0.1) is 0 Å². The minimum absolute atomic E-state index is 0.0344. The zero-order chi connectivity index (χ0) is 8.43. The molecule has 1 aliphatic heterocycles. The summed E-state index contributed by atoms with van der Waals surface area (Å²) in [5.74, 6) is -0.162. The Balaban J connectivity index is 2.20. The highest BCUT2D eigenvalue weighted by molar-refractivity contribution is 5.94. The summed E-state index contributed by atoms with van der Waals surface area (Å²) in [5, 5.41) is 2.99. The number of carbonyl (C=O) groups is 2. The molecule has 0 aromatic rings. The minimum atomic E-state index is -0.348. The molecule has 1 heterocycles. The number of carbonyl (C=O) groups excluding carboxylic acids is 2. The minimum Gasteiger partial charge on any atom is -0.370 e. The van der Waals surface area contributed by atoms with Crippen LogP contribution in [0.3, 0.4) is 0 Å². The van der Waals surface area contributed by atoms with E-state index in [0.29, 0.717) is 6.42 Å². The molecule has 0 spiro atoms. The smallest absolute Gasteiger partial charge is 0.217 e. The SMILES string of the molecule is CC1NC(CCC(N)=O)C1=O. The predicted molar refractivity (Wildman–Crippen MR) is 39.8 cm³/mol. The van der Waals surface area contributed by atoms with Crippen LogP contribution in [-0.4, -0.2) is 23.8 Å². The molecule has 4 heteroatoms. The van der Waals surface area contributed by atoms with E-state index in [0.717, 1.165) is 0 Å². The third-order valence-corrected chi connectivity index (χ3v) is 1.90. The van der Waals surface area contributed by atoms with Gasteiger partial charge in [-0.15, -0.1) is 0 Å². The summed E-state index contributed by atoms with van der Waals surface area (Å²) in [7, 11) is 0. The van der Waals surface area contributed by atoms with Gasteiger partial charge in [0.2, 0.25) is 5.91 Å². The average molecular weight is 156 g/mol. The summed E-state index contributed by atoms with van der Waals surface area (Å²) in [6.07, 6.45) is 0.828. The lowest BCUT2D eigenvalue weighted by Gasteiger charge is -2.32. The van der Waals surface area contributed by atoms with Crippen molar-refractivity contribution in [2.24, 2.45) is 5.73 Å². The van der Waals surface area contributed by atoms with Crippen LogP contribution in [0.1, 0.15) is 19.8 Å². The molecule has 0 saturated carbocycles. The molecule has 62 valence electrons. The highest BCUT2D eigenvalue weighted by Gasteiger charge is 2.34. The van der Waals surface area contributed by atoms with Gasteiger partial charge in [-0.1, -0.05) is 0 Å². The Kier molecular flexibility index (Phi) is 2.24. The number of amides is 1. The first-order valence-corrected chi connectivity index (χ1v) is 3.69. The van der Waals surface area contributed by atoms with E-state index < -0.39 is 0 Å². The standard InChI is InChI=1S/C7H12N2O2/c1-4-7(11)5(9-4)2-3-6(8)10/h4-5,9H,2-3H2,1H3,(H2,8,10). The molecule has 2 unspecified atom stereocenters. The quantitative estimate of drug-likeness (QED) is 0.561. The maximum Gasteiger partial charge on any atom is 0.217 e. The first-order valence-electron chi connectivity index (χ1n) is 3.69. The summed E-state index contributed by atoms with van der Waals surface area (Å²) in [6, 6.07) is -0.162. The number of rotatable bonds is 3. The van der Waals surface area contributed by atoms with Crippen LogP contribution in [0.25, 0.3) is 0 Å². The Morgan fingerprint density at radius 2 is 2.36 bits per heavy atom. The summed E-state index contributed by atoms with van der Waals surface area (Å²) in [6.45, 7) is 1.81. The molecule has 0 aromatic heterocycles. The number of primary amides is 1. The number of Topliss-reactive ketones (excluding diaryl/α,β-unsaturated/α-hetero) is 1. The summed E-state index contributed by atoms with van der Waals surface area (Å²) >= 11 is 0. The van der Waals surface area contributed by atoms with Crippen molar-refractivity contribution < 1.29 is 9.59 Å². The van der Waals surface area contributed by atoms with Crippen molar-refractivity contribution in [1.29, 1.82) is 0 Å². The van der Waals surface area contributed by atoms with Gasteiger partial charge in [-0.05, 0) is 13.3 Å². The lowest BCUT2D eigenvalue weighted by molar-refractivity contribution is -0.130. The summed E-state index contributed by atoms with van der Waals surface area (Å²) < 4.78 is 0. The zero-order valence-corrected chi connectivity index (χ0v) is 6.46. The molecule has 1 amide bonds. The highest BCUT2D eigenvalue weighted by atomic mass is 16.1. The molecule has 0 aliphatic carbocycles. The molecule has 0 radical (unpaired) electrons. The average Bonchev–Trinajstić information content (AvgIpc) is 1.96. The number of hydrogen-bond acceptors (Lipinski definition) is 3. The Hall–Kier alpha value is -0.900. The van der Waals surface area contributed by atoms with Crippen molar-refractivity contribution in [3.63, 3.8) is 0 Å². The van der Waals surface area contributed by atoms with Gasteiger partial charge in [-0.3, -0.25) is 14.9 Å². The molecule has 1 fully saturated rings. The largest absolute Gasteiger partial charge is 0.370 e. The van der Waals surface area contributed by atoms with Crippen LogP contribution in [0.2, 0.25) is 0 Å². The third-order valence-electron chi connectivity index (χ3n) is 1.90. The van der Waals surface area contributed by atoms with Crippen molar-refractivity contribution in [3.8, 4) is 0 Å². The topological polar surface area (TPSA) is 72.2 Å². The molecule has 0 bridgehead atoms. The summed E-state index contributed by atoms with van der Waals surface area (Å²) in [5.41, 5.74) is 4.92. The second-order valence-corrected chi connectivity index (χ2v) is 2.85. The predicted octanol–water partition coefficient (Wildman–Crippen LogP) is -0.819. The number of nitrogens with one attached hydrogen (secondary N) is 1. The van der Waals surface area contributed by atoms with E-state index in [4.69, 9.17) is 5.73 Å². The zero-order valence-electron chi connectivity index (χ0n) is 6.46. The molecule has 4 nitrogen and oxygen atoms in total. The van der Waals surface area contributed by atoms with E-state index in [9.17, 15) is 9.59 Å². The lowest BCUT2D eigenvalue weighted by Crippen LogP contribution is -2.60. The first-order chi connectivity index (χ1) is 5.11. The number of ketones is 1. The van der Waals surface area contributed by atoms with Crippen molar-refractivity contribution in [3.05, 3.63) is 0 Å². The Morgan fingerprint density at radius 1 is 1.73 bits per heavy atom. The van der Waals surface area contributed by atoms with Gasteiger partial charge in [0.1, 0.15) is 0 Å². The van der Waals surface area contributed by atoms with Crippen LogP contribution in [-0.2, 0) is 9.59 Å². The first kappa shape index (κ1) is 8.20. The molecule has 1 aliphatic rings. The van der Waals surface area contributed by atoms with Gasteiger partial charge in [0, 0.05) is 6.42 Å². The Labute approximate surface area is 65.1 Å². The molecule has 1 rings (SSSR count). The third kappa shape index (κ3) is 1.77. The lowest BCUT2D eigenvalue weighted by atomic mass is 9.93. The monoisotopic (exact) mass is 156 g/mol. The van der Waals surface area contributed by atoms with E-state index in [2.05, 4.69) is 5.32 Å². The van der Waals surface area contributed by atoms with Crippen LogP contribution < -0.4 is 11.1 Å². The molecule has 0 aromatic carbocycles. The van der Waals surface area contributed by atoms with E-state index in [1.807, 2.05) is 6.92 Å². The normalized spacial score (nSPS) is 29.7. The van der Waals surface area contributed by atoms with Gasteiger partial charge >= 0.3 is 0 Å². The molecule has 11 heavy (non-hydrogen) atoms. The van der Waals surface area contributed by atoms with Crippen LogP contribution in [0.5, 0.6) is 0 Å². The highest BCUT2D eigenvalue weighted by Crippen LogP contribution is 2.11. The van der Waals surface area contributed by atoms with Gasteiger partial charge in [0.25, 0.3) is 0 Å². The van der Waals surface area contributed by atoms with E-state index in [-0.39, 0.29) is 30.2 Å². The maximum absolute atomic E-state index is 11.0. The van der Waals surface area contributed by atoms with E-state index in [1.165, 1.54) is 0 Å². The van der Waals surface area contributed by atoms with Crippen LogP contribution in [0.15, 0.2) is 0 Å². The second kappa shape index (κ2) is 3.00. The number of hydrogen-bond donors (Lipinski definition) is 2. The van der Waals surface area contributed by atoms with Gasteiger partial charge in [-0.25, -0.2) is 0 Å². The van der Waals surface area contributed by atoms with Crippen LogP contribution >= 0.6 is 0 Å².